The van der Waals surface area contributed by atoms with Crippen LogP contribution in [0.5, 0.6) is 5.75 Å². The smallest absolute Gasteiger partial charge is 0.325 e. The topological polar surface area (TPSA) is 95.4 Å². The highest BCUT2D eigenvalue weighted by Crippen LogP contribution is 2.28. The number of hydrogen-bond donors (Lipinski definition) is 1. The summed E-state index contributed by atoms with van der Waals surface area (Å²) in [6.07, 6.45) is 1.99. The number of carbonyl (C=O) groups excluding carboxylic acids is 1. The van der Waals surface area contributed by atoms with Crippen molar-refractivity contribution in [1.82, 2.24) is 4.98 Å². The standard InChI is InChI=1S/C17H16N2O4S/c1-3-10-4-11-14(5-13(10)23-15(20)6-18)22-7-12(16(11)21)17-19-9(2)8-24-17/h4-5,7-8H,3,6,18H2,1-2H3. The van der Waals surface area contributed by atoms with Crippen molar-refractivity contribution >= 4 is 28.3 Å². The molecular formula is C17H16N2O4S. The Balaban J connectivity index is 2.17. The monoisotopic (exact) mass is 344 g/mol. The molecule has 1 aromatic carbocycles. The molecule has 0 bridgehead atoms. The quantitative estimate of drug-likeness (QED) is 0.577. The first kappa shape index (κ1) is 16.4. The number of benzene rings is 1. The van der Waals surface area contributed by atoms with Gasteiger partial charge in [0.15, 0.2) is 0 Å². The van der Waals surface area contributed by atoms with Crippen molar-refractivity contribution in [3.8, 4) is 16.3 Å². The minimum atomic E-state index is -0.540. The molecule has 0 aliphatic rings. The largest absolute Gasteiger partial charge is 0.463 e. The number of fused-ring (bicyclic) bond motifs is 1. The van der Waals surface area contributed by atoms with Gasteiger partial charge >= 0.3 is 5.97 Å². The molecule has 0 unspecified atom stereocenters. The van der Waals surface area contributed by atoms with Gasteiger partial charge in [0.1, 0.15) is 22.6 Å². The highest BCUT2D eigenvalue weighted by molar-refractivity contribution is 7.13. The second kappa shape index (κ2) is 6.54. The highest BCUT2D eigenvalue weighted by Gasteiger charge is 2.16. The van der Waals surface area contributed by atoms with E-state index in [0.29, 0.717) is 33.7 Å². The molecule has 2 N–H and O–H groups in total. The zero-order chi connectivity index (χ0) is 17.3. The Morgan fingerprint density at radius 1 is 1.42 bits per heavy atom. The maximum Gasteiger partial charge on any atom is 0.325 e. The zero-order valence-corrected chi connectivity index (χ0v) is 14.1. The zero-order valence-electron chi connectivity index (χ0n) is 13.3. The Kier molecular flexibility index (Phi) is 4.46. The molecule has 0 spiro atoms. The van der Waals surface area contributed by atoms with Gasteiger partial charge in [-0.15, -0.1) is 11.3 Å². The van der Waals surface area contributed by atoms with E-state index >= 15 is 0 Å². The number of nitrogens with zero attached hydrogens (tertiary/aromatic N) is 1. The summed E-state index contributed by atoms with van der Waals surface area (Å²) >= 11 is 1.40. The third-order valence-electron chi connectivity index (χ3n) is 3.58. The fourth-order valence-corrected chi connectivity index (χ4v) is 3.16. The van der Waals surface area contributed by atoms with Crippen LogP contribution in [0.15, 0.2) is 33.0 Å². The number of nitrogens with two attached hydrogens (primary N) is 1. The number of hydrogen-bond acceptors (Lipinski definition) is 7. The van der Waals surface area contributed by atoms with Crippen LogP contribution in [0.4, 0.5) is 0 Å². The van der Waals surface area contributed by atoms with Crippen LogP contribution in [0.1, 0.15) is 18.2 Å². The molecule has 124 valence electrons. The summed E-state index contributed by atoms with van der Waals surface area (Å²) in [5.41, 5.74) is 7.50. The fourth-order valence-electron chi connectivity index (χ4n) is 2.36. The van der Waals surface area contributed by atoms with Crippen molar-refractivity contribution in [3.05, 3.63) is 45.3 Å². The molecule has 0 atom stereocenters. The van der Waals surface area contributed by atoms with E-state index in [4.69, 9.17) is 14.9 Å². The second-order valence-corrected chi connectivity index (χ2v) is 6.12. The average Bonchev–Trinajstić information content (AvgIpc) is 3.00. The predicted octanol–water partition coefficient (Wildman–Crippen LogP) is 2.65. The maximum absolute atomic E-state index is 12.8. The van der Waals surface area contributed by atoms with E-state index in [-0.39, 0.29) is 12.0 Å². The van der Waals surface area contributed by atoms with Gasteiger partial charge in [0.05, 0.1) is 17.5 Å². The summed E-state index contributed by atoms with van der Waals surface area (Å²) in [7, 11) is 0. The lowest BCUT2D eigenvalue weighted by Gasteiger charge is -2.09. The first-order chi connectivity index (χ1) is 11.5. The minimum Gasteiger partial charge on any atom is -0.463 e. The Morgan fingerprint density at radius 3 is 2.83 bits per heavy atom. The number of ether oxygens (including phenoxy) is 1. The lowest BCUT2D eigenvalue weighted by atomic mass is 10.1. The van der Waals surface area contributed by atoms with E-state index in [1.165, 1.54) is 17.6 Å². The van der Waals surface area contributed by atoms with E-state index in [0.717, 1.165) is 11.3 Å². The van der Waals surface area contributed by atoms with Crippen molar-refractivity contribution in [2.75, 3.05) is 6.54 Å². The first-order valence-electron chi connectivity index (χ1n) is 7.45. The Bertz CT molecular complexity index is 974. The molecule has 0 aliphatic carbocycles. The fraction of sp³-hybridized carbons (Fsp3) is 0.235. The SMILES string of the molecule is CCc1cc2c(=O)c(-c3nc(C)cs3)coc2cc1OC(=O)CN. The molecule has 0 radical (unpaired) electrons. The number of esters is 1. The number of rotatable bonds is 4. The van der Waals surface area contributed by atoms with Crippen LogP contribution in [-0.4, -0.2) is 17.5 Å². The minimum absolute atomic E-state index is 0.156. The summed E-state index contributed by atoms with van der Waals surface area (Å²) in [5.74, 6) is -0.178. The molecule has 2 aromatic heterocycles. The number of thiazole rings is 1. The van der Waals surface area contributed by atoms with Crippen LogP contribution < -0.4 is 15.9 Å². The number of carbonyl (C=O) groups is 1. The van der Waals surface area contributed by atoms with Gasteiger partial charge in [-0.2, -0.15) is 0 Å². The van der Waals surface area contributed by atoms with Gasteiger partial charge in [-0.25, -0.2) is 4.98 Å². The molecule has 2 heterocycles. The molecular weight excluding hydrogens is 328 g/mol. The Labute approximate surface area is 141 Å². The summed E-state index contributed by atoms with van der Waals surface area (Å²) in [6, 6.07) is 3.25. The van der Waals surface area contributed by atoms with E-state index in [1.807, 2.05) is 19.2 Å². The lowest BCUT2D eigenvalue weighted by molar-refractivity contribution is -0.132. The predicted molar refractivity (Wildman–Crippen MR) is 92.4 cm³/mol. The van der Waals surface area contributed by atoms with Crippen molar-refractivity contribution in [2.24, 2.45) is 5.73 Å². The van der Waals surface area contributed by atoms with E-state index in [2.05, 4.69) is 4.98 Å². The molecule has 0 saturated heterocycles. The van der Waals surface area contributed by atoms with Gasteiger partial charge < -0.3 is 14.9 Å². The summed E-state index contributed by atoms with van der Waals surface area (Å²) in [4.78, 5) is 28.6. The maximum atomic E-state index is 12.8. The van der Waals surface area contributed by atoms with Crippen LogP contribution in [0.3, 0.4) is 0 Å². The van der Waals surface area contributed by atoms with Crippen LogP contribution in [0.2, 0.25) is 0 Å². The van der Waals surface area contributed by atoms with Gasteiger partial charge in [-0.3, -0.25) is 9.59 Å². The lowest BCUT2D eigenvalue weighted by Crippen LogP contribution is -2.20. The third kappa shape index (κ3) is 2.95. The normalized spacial score (nSPS) is 11.0. The molecule has 24 heavy (non-hydrogen) atoms. The summed E-state index contributed by atoms with van der Waals surface area (Å²) < 4.78 is 10.8. The molecule has 7 heteroatoms. The van der Waals surface area contributed by atoms with Gasteiger partial charge in [0.2, 0.25) is 5.43 Å². The molecule has 0 amide bonds. The molecule has 0 aliphatic heterocycles. The molecule has 3 rings (SSSR count). The van der Waals surface area contributed by atoms with E-state index < -0.39 is 5.97 Å². The molecule has 0 fully saturated rings. The van der Waals surface area contributed by atoms with Gasteiger partial charge in [0.25, 0.3) is 0 Å². The van der Waals surface area contributed by atoms with Crippen LogP contribution >= 0.6 is 11.3 Å². The van der Waals surface area contributed by atoms with E-state index in [9.17, 15) is 9.59 Å². The van der Waals surface area contributed by atoms with Crippen molar-refractivity contribution in [1.29, 1.82) is 0 Å². The highest BCUT2D eigenvalue weighted by atomic mass is 32.1. The summed E-state index contributed by atoms with van der Waals surface area (Å²) in [5, 5.41) is 2.94. The van der Waals surface area contributed by atoms with Crippen LogP contribution in [-0.2, 0) is 11.2 Å². The molecule has 3 aromatic rings. The van der Waals surface area contributed by atoms with E-state index in [1.54, 1.807) is 12.1 Å². The number of aromatic nitrogens is 1. The van der Waals surface area contributed by atoms with Crippen molar-refractivity contribution in [2.45, 2.75) is 20.3 Å². The summed E-state index contributed by atoms with van der Waals surface area (Å²) in [6.45, 7) is 3.57. The van der Waals surface area contributed by atoms with Gasteiger partial charge in [0, 0.05) is 17.1 Å². The number of aryl methyl sites for hydroxylation is 2. The Hall–Kier alpha value is -2.51. The average molecular weight is 344 g/mol. The molecule has 0 saturated carbocycles. The second-order valence-electron chi connectivity index (χ2n) is 5.26. The third-order valence-corrected chi connectivity index (χ3v) is 4.57. The first-order valence-corrected chi connectivity index (χ1v) is 8.33. The Morgan fingerprint density at radius 2 is 2.21 bits per heavy atom. The molecule has 6 nitrogen and oxygen atoms in total. The van der Waals surface area contributed by atoms with Crippen molar-refractivity contribution < 1.29 is 13.9 Å². The van der Waals surface area contributed by atoms with Gasteiger partial charge in [-0.05, 0) is 25.0 Å². The van der Waals surface area contributed by atoms with Gasteiger partial charge in [-0.1, -0.05) is 6.92 Å². The van der Waals surface area contributed by atoms with Crippen LogP contribution in [0.25, 0.3) is 21.5 Å². The van der Waals surface area contributed by atoms with Crippen molar-refractivity contribution in [3.63, 3.8) is 0 Å². The van der Waals surface area contributed by atoms with Crippen LogP contribution in [0, 0.1) is 6.92 Å².